The number of halogens is 3. The van der Waals surface area contributed by atoms with Gasteiger partial charge in [-0.1, -0.05) is 12.1 Å². The molecule has 96 valence electrons. The molecule has 1 unspecified atom stereocenters. The van der Waals surface area contributed by atoms with Gasteiger partial charge in [-0.05, 0) is 17.7 Å². The summed E-state index contributed by atoms with van der Waals surface area (Å²) in [7, 11) is 1.50. The lowest BCUT2D eigenvalue weighted by Gasteiger charge is -2.14. The number of alkyl halides is 3. The first-order chi connectivity index (χ1) is 7.92. The molecule has 3 nitrogen and oxygen atoms in total. The highest BCUT2D eigenvalue weighted by Crippen LogP contribution is 2.19. The molecule has 0 aliphatic carbocycles. The lowest BCUT2D eigenvalue weighted by Crippen LogP contribution is -2.23. The van der Waals surface area contributed by atoms with Gasteiger partial charge in [-0.2, -0.15) is 13.2 Å². The average molecular weight is 249 g/mol. The maximum atomic E-state index is 11.8. The van der Waals surface area contributed by atoms with E-state index in [1.807, 2.05) is 0 Å². The number of hydrogen-bond donors (Lipinski definition) is 1. The predicted octanol–water partition coefficient (Wildman–Crippen LogP) is 2.27. The van der Waals surface area contributed by atoms with Gasteiger partial charge in [0.15, 0.2) is 0 Å². The van der Waals surface area contributed by atoms with E-state index in [1.165, 1.54) is 7.11 Å². The third-order valence-electron chi connectivity index (χ3n) is 2.09. The molecule has 6 heteroatoms. The molecular formula is C11H14F3NO2. The van der Waals surface area contributed by atoms with Crippen LogP contribution in [0, 0.1) is 0 Å². The fourth-order valence-electron chi connectivity index (χ4n) is 1.27. The van der Waals surface area contributed by atoms with Crippen molar-refractivity contribution in [1.82, 2.24) is 0 Å². The summed E-state index contributed by atoms with van der Waals surface area (Å²) in [5, 5.41) is 0. The molecule has 0 aliphatic heterocycles. The molecule has 1 rings (SSSR count). The van der Waals surface area contributed by atoms with Gasteiger partial charge in [-0.25, -0.2) is 0 Å². The minimum atomic E-state index is -4.33. The summed E-state index contributed by atoms with van der Waals surface area (Å²) in [6.07, 6.45) is -4.33. The van der Waals surface area contributed by atoms with Gasteiger partial charge >= 0.3 is 6.18 Å². The summed E-state index contributed by atoms with van der Waals surface area (Å²) in [5.41, 5.74) is 6.37. The zero-order chi connectivity index (χ0) is 12.9. The van der Waals surface area contributed by atoms with Crippen molar-refractivity contribution in [2.24, 2.45) is 5.73 Å². The first-order valence-electron chi connectivity index (χ1n) is 4.96. The van der Waals surface area contributed by atoms with Crippen molar-refractivity contribution in [3.8, 4) is 5.75 Å². The standard InChI is InChI=1S/C11H14F3NO2/c1-16-9-4-2-3-8(5-9)10(15)6-17-7-11(12,13)14/h2-5,10H,6-7,15H2,1H3. The molecule has 2 N–H and O–H groups in total. The van der Waals surface area contributed by atoms with Crippen LogP contribution in [0.1, 0.15) is 11.6 Å². The minimum Gasteiger partial charge on any atom is -0.497 e. The second-order valence-corrected chi connectivity index (χ2v) is 3.51. The van der Waals surface area contributed by atoms with Crippen LogP contribution in [0.25, 0.3) is 0 Å². The van der Waals surface area contributed by atoms with Crippen LogP contribution in [0.2, 0.25) is 0 Å². The molecule has 1 aromatic rings. The molecule has 0 aromatic heterocycles. The van der Waals surface area contributed by atoms with Crippen LogP contribution in [0.15, 0.2) is 24.3 Å². The molecule has 0 heterocycles. The quantitative estimate of drug-likeness (QED) is 0.870. The fourth-order valence-corrected chi connectivity index (χ4v) is 1.27. The van der Waals surface area contributed by atoms with Crippen LogP contribution < -0.4 is 10.5 Å². The van der Waals surface area contributed by atoms with Gasteiger partial charge in [0.2, 0.25) is 0 Å². The minimum absolute atomic E-state index is 0.188. The lowest BCUT2D eigenvalue weighted by molar-refractivity contribution is -0.174. The van der Waals surface area contributed by atoms with E-state index in [0.717, 1.165) is 0 Å². The molecule has 0 spiro atoms. The summed E-state index contributed by atoms with van der Waals surface area (Å²) in [5.74, 6) is 0.605. The Bertz CT molecular complexity index is 355. The van der Waals surface area contributed by atoms with Gasteiger partial charge in [0.1, 0.15) is 12.4 Å². The Kier molecular flexibility index (Phi) is 4.77. The van der Waals surface area contributed by atoms with Crippen molar-refractivity contribution in [2.75, 3.05) is 20.3 Å². The Hall–Kier alpha value is -1.27. The van der Waals surface area contributed by atoms with Crippen molar-refractivity contribution in [1.29, 1.82) is 0 Å². The average Bonchev–Trinajstić information content (AvgIpc) is 2.27. The topological polar surface area (TPSA) is 44.5 Å². The van der Waals surface area contributed by atoms with Gasteiger partial charge in [0, 0.05) is 0 Å². The molecule has 1 atom stereocenters. The molecule has 0 saturated carbocycles. The highest BCUT2D eigenvalue weighted by molar-refractivity contribution is 5.30. The van der Waals surface area contributed by atoms with E-state index in [4.69, 9.17) is 10.5 Å². The number of rotatable bonds is 5. The molecule has 0 aliphatic rings. The van der Waals surface area contributed by atoms with Crippen LogP contribution in [0.5, 0.6) is 5.75 Å². The van der Waals surface area contributed by atoms with E-state index in [2.05, 4.69) is 4.74 Å². The highest BCUT2D eigenvalue weighted by Gasteiger charge is 2.27. The predicted molar refractivity (Wildman–Crippen MR) is 56.8 cm³/mol. The largest absolute Gasteiger partial charge is 0.497 e. The molecule has 0 fully saturated rings. The van der Waals surface area contributed by atoms with Gasteiger partial charge in [0.25, 0.3) is 0 Å². The Morgan fingerprint density at radius 1 is 1.35 bits per heavy atom. The Balaban J connectivity index is 2.49. The summed E-state index contributed by atoms with van der Waals surface area (Å²) < 4.78 is 45.0. The summed E-state index contributed by atoms with van der Waals surface area (Å²) in [4.78, 5) is 0. The number of methoxy groups -OCH3 is 1. The third-order valence-corrected chi connectivity index (χ3v) is 2.09. The maximum Gasteiger partial charge on any atom is 0.411 e. The second-order valence-electron chi connectivity index (χ2n) is 3.51. The molecule has 0 bridgehead atoms. The normalized spacial score (nSPS) is 13.5. The first kappa shape index (κ1) is 13.8. The molecule has 1 aromatic carbocycles. The van der Waals surface area contributed by atoms with Crippen LogP contribution in [-0.2, 0) is 4.74 Å². The smallest absolute Gasteiger partial charge is 0.411 e. The highest BCUT2D eigenvalue weighted by atomic mass is 19.4. The zero-order valence-electron chi connectivity index (χ0n) is 9.33. The summed E-state index contributed by atoms with van der Waals surface area (Å²) in [6.45, 7) is -1.47. The van der Waals surface area contributed by atoms with Gasteiger partial charge in [-0.3, -0.25) is 0 Å². The van der Waals surface area contributed by atoms with E-state index in [-0.39, 0.29) is 6.61 Å². The van der Waals surface area contributed by atoms with Crippen molar-refractivity contribution < 1.29 is 22.6 Å². The van der Waals surface area contributed by atoms with Crippen LogP contribution in [0.4, 0.5) is 13.2 Å². The van der Waals surface area contributed by atoms with Crippen molar-refractivity contribution >= 4 is 0 Å². The number of benzene rings is 1. The Morgan fingerprint density at radius 3 is 2.65 bits per heavy atom. The van der Waals surface area contributed by atoms with E-state index >= 15 is 0 Å². The lowest BCUT2D eigenvalue weighted by atomic mass is 10.1. The third kappa shape index (κ3) is 5.06. The van der Waals surface area contributed by atoms with Gasteiger partial charge in [-0.15, -0.1) is 0 Å². The molecule has 17 heavy (non-hydrogen) atoms. The number of ether oxygens (including phenoxy) is 2. The SMILES string of the molecule is COc1cccc(C(N)COCC(F)(F)F)c1. The van der Waals surface area contributed by atoms with Crippen molar-refractivity contribution in [2.45, 2.75) is 12.2 Å². The van der Waals surface area contributed by atoms with E-state index in [0.29, 0.717) is 11.3 Å². The van der Waals surface area contributed by atoms with Crippen LogP contribution >= 0.6 is 0 Å². The maximum absolute atomic E-state index is 11.8. The zero-order valence-corrected chi connectivity index (χ0v) is 9.33. The number of nitrogens with two attached hydrogens (primary N) is 1. The Morgan fingerprint density at radius 2 is 2.06 bits per heavy atom. The van der Waals surface area contributed by atoms with E-state index in [9.17, 15) is 13.2 Å². The van der Waals surface area contributed by atoms with Gasteiger partial charge < -0.3 is 15.2 Å². The second kappa shape index (κ2) is 5.88. The monoisotopic (exact) mass is 249 g/mol. The van der Waals surface area contributed by atoms with E-state index < -0.39 is 18.8 Å². The molecule has 0 saturated heterocycles. The molecular weight excluding hydrogens is 235 g/mol. The molecule has 0 amide bonds. The Labute approximate surface area is 97.3 Å². The van der Waals surface area contributed by atoms with Crippen molar-refractivity contribution in [3.05, 3.63) is 29.8 Å². The first-order valence-corrected chi connectivity index (χ1v) is 4.96. The van der Waals surface area contributed by atoms with Crippen molar-refractivity contribution in [3.63, 3.8) is 0 Å². The number of hydrogen-bond acceptors (Lipinski definition) is 3. The van der Waals surface area contributed by atoms with Gasteiger partial charge in [0.05, 0.1) is 19.8 Å². The van der Waals surface area contributed by atoms with Crippen LogP contribution in [-0.4, -0.2) is 26.5 Å². The summed E-state index contributed by atoms with van der Waals surface area (Å²) in [6, 6.07) is 6.23. The molecule has 0 radical (unpaired) electrons. The summed E-state index contributed by atoms with van der Waals surface area (Å²) >= 11 is 0. The fraction of sp³-hybridized carbons (Fsp3) is 0.455. The van der Waals surface area contributed by atoms with Crippen LogP contribution in [0.3, 0.4) is 0 Å². The van der Waals surface area contributed by atoms with E-state index in [1.54, 1.807) is 24.3 Å².